The van der Waals surface area contributed by atoms with Crippen molar-refractivity contribution in [3.63, 3.8) is 0 Å². The normalized spacial score (nSPS) is 11.3. The van der Waals surface area contributed by atoms with Gasteiger partial charge in [0.2, 0.25) is 0 Å². The van der Waals surface area contributed by atoms with Crippen molar-refractivity contribution in [3.8, 4) is 11.5 Å². The first-order chi connectivity index (χ1) is 12.8. The molecule has 0 saturated heterocycles. The summed E-state index contributed by atoms with van der Waals surface area (Å²) < 4.78 is 28.4. The van der Waals surface area contributed by atoms with E-state index in [4.69, 9.17) is 5.73 Å². The van der Waals surface area contributed by atoms with Crippen LogP contribution in [0, 0.1) is 0 Å². The minimum Gasteiger partial charge on any atom is -0.504 e. The highest BCUT2D eigenvalue weighted by Gasteiger charge is 2.22. The highest BCUT2D eigenvalue weighted by molar-refractivity contribution is 7.93. The van der Waals surface area contributed by atoms with E-state index in [1.807, 2.05) is 0 Å². The quantitative estimate of drug-likeness (QED) is 0.396. The fourth-order valence-corrected chi connectivity index (χ4v) is 4.00. The predicted octanol–water partition coefficient (Wildman–Crippen LogP) is 3.32. The Kier molecular flexibility index (Phi) is 4.50. The zero-order valence-corrected chi connectivity index (χ0v) is 15.0. The second-order valence-corrected chi connectivity index (χ2v) is 7.35. The van der Waals surface area contributed by atoms with Gasteiger partial charge in [-0.3, -0.25) is 4.72 Å². The van der Waals surface area contributed by atoms with Gasteiger partial charge in [0.05, 0.1) is 11.2 Å². The maximum Gasteiger partial charge on any atom is 0.264 e. The van der Waals surface area contributed by atoms with E-state index >= 15 is 0 Å². The zero-order chi connectivity index (χ0) is 19.8. The number of rotatable bonds is 5. The van der Waals surface area contributed by atoms with Gasteiger partial charge in [0.1, 0.15) is 10.7 Å². The van der Waals surface area contributed by atoms with Gasteiger partial charge >= 0.3 is 0 Å². The number of benzene rings is 2. The molecular formula is C19H17N3O4S. The number of hydrogen-bond donors (Lipinski definition) is 4. The number of hydrogen-bond acceptors (Lipinski definition) is 6. The van der Waals surface area contributed by atoms with E-state index in [1.54, 1.807) is 24.3 Å². The predicted molar refractivity (Wildman–Crippen MR) is 107 cm³/mol. The molecule has 0 radical (unpaired) electrons. The lowest BCUT2D eigenvalue weighted by Crippen LogP contribution is -2.15. The lowest BCUT2D eigenvalue weighted by atomic mass is 10.0. The maximum atomic E-state index is 13.0. The van der Waals surface area contributed by atoms with Crippen molar-refractivity contribution < 1.29 is 18.6 Å². The van der Waals surface area contributed by atoms with Gasteiger partial charge in [-0.25, -0.2) is 13.4 Å². The Morgan fingerprint density at radius 2 is 1.78 bits per heavy atom. The topological polar surface area (TPSA) is 126 Å². The van der Waals surface area contributed by atoms with Crippen LogP contribution in [0.5, 0.6) is 11.5 Å². The van der Waals surface area contributed by atoms with Crippen LogP contribution in [0.1, 0.15) is 11.1 Å². The number of nitrogens with two attached hydrogens (primary N) is 1. The number of nitrogens with zero attached hydrogens (tertiary/aromatic N) is 1. The molecule has 3 aromatic rings. The van der Waals surface area contributed by atoms with Crippen LogP contribution in [0.3, 0.4) is 0 Å². The lowest BCUT2D eigenvalue weighted by Gasteiger charge is -2.15. The number of aromatic nitrogens is 1. The lowest BCUT2D eigenvalue weighted by molar-refractivity contribution is 0.403. The number of para-hydroxylation sites is 1. The van der Waals surface area contributed by atoms with Crippen molar-refractivity contribution in [2.45, 2.75) is 4.90 Å². The number of fused-ring (bicyclic) bond motifs is 1. The van der Waals surface area contributed by atoms with Crippen LogP contribution >= 0.6 is 0 Å². The summed E-state index contributed by atoms with van der Waals surface area (Å²) in [5.74, 6) is -0.718. The van der Waals surface area contributed by atoms with Crippen molar-refractivity contribution in [3.05, 3.63) is 60.7 Å². The fraction of sp³-hybridized carbons (Fsp3) is 0. The summed E-state index contributed by atoms with van der Waals surface area (Å²) in [5, 5.41) is 20.5. The van der Waals surface area contributed by atoms with Gasteiger partial charge in [-0.15, -0.1) is 0 Å². The van der Waals surface area contributed by atoms with E-state index in [0.717, 1.165) is 6.07 Å². The standard InChI is InChI=1S/C19H17N3O4S/c1-3-12-13(4-2)19(24)15(23)10-14(12)22-27(25,26)16-7-5-6-11-8-9-17(20)21-18(11)16/h3-10,22-24H,1-2H2,(H2,20,21). The Morgan fingerprint density at radius 1 is 1.07 bits per heavy atom. The summed E-state index contributed by atoms with van der Waals surface area (Å²) in [6, 6.07) is 9.07. The molecule has 0 spiro atoms. The summed E-state index contributed by atoms with van der Waals surface area (Å²) in [7, 11) is -4.09. The molecule has 138 valence electrons. The maximum absolute atomic E-state index is 13.0. The average Bonchev–Trinajstić information content (AvgIpc) is 2.63. The van der Waals surface area contributed by atoms with Crippen LogP contribution < -0.4 is 10.5 Å². The number of pyridine rings is 1. The Hall–Kier alpha value is -3.52. The largest absolute Gasteiger partial charge is 0.504 e. The summed E-state index contributed by atoms with van der Waals surface area (Å²) >= 11 is 0. The second kappa shape index (κ2) is 6.65. The molecule has 1 heterocycles. The van der Waals surface area contributed by atoms with E-state index < -0.39 is 21.5 Å². The molecule has 7 nitrogen and oxygen atoms in total. The molecule has 5 N–H and O–H groups in total. The molecule has 0 aliphatic rings. The van der Waals surface area contributed by atoms with Crippen molar-refractivity contribution >= 4 is 44.6 Å². The molecule has 0 bridgehead atoms. The molecule has 2 aromatic carbocycles. The third-order valence-electron chi connectivity index (χ3n) is 4.01. The fourth-order valence-electron chi connectivity index (χ4n) is 2.76. The number of phenols is 2. The number of sulfonamides is 1. The first-order valence-corrected chi connectivity index (χ1v) is 9.28. The highest BCUT2D eigenvalue weighted by Crippen LogP contribution is 2.39. The minimum atomic E-state index is -4.09. The summed E-state index contributed by atoms with van der Waals surface area (Å²) in [6.07, 6.45) is 2.65. The first kappa shape index (κ1) is 18.3. The third-order valence-corrected chi connectivity index (χ3v) is 5.40. The van der Waals surface area contributed by atoms with Crippen LogP contribution in [0.25, 0.3) is 23.1 Å². The van der Waals surface area contributed by atoms with Gasteiger partial charge in [0.15, 0.2) is 11.5 Å². The SMILES string of the molecule is C=Cc1c(NS(=O)(=O)c2cccc3ccc(N)nc23)cc(O)c(O)c1C=C. The third kappa shape index (κ3) is 3.18. The molecule has 0 fully saturated rings. The van der Waals surface area contributed by atoms with E-state index in [-0.39, 0.29) is 33.0 Å². The molecule has 0 aliphatic heterocycles. The van der Waals surface area contributed by atoms with E-state index in [2.05, 4.69) is 22.9 Å². The van der Waals surface area contributed by atoms with Crippen LogP contribution in [0.15, 0.2) is 54.5 Å². The minimum absolute atomic E-state index is 0.0381. The van der Waals surface area contributed by atoms with E-state index in [0.29, 0.717) is 5.39 Å². The van der Waals surface area contributed by atoms with Crippen molar-refractivity contribution in [2.24, 2.45) is 0 Å². The molecule has 3 rings (SSSR count). The van der Waals surface area contributed by atoms with Gasteiger partial charge in [0.25, 0.3) is 10.0 Å². The number of nitrogens with one attached hydrogen (secondary N) is 1. The zero-order valence-electron chi connectivity index (χ0n) is 14.2. The van der Waals surface area contributed by atoms with E-state index in [1.165, 1.54) is 18.2 Å². The Labute approximate surface area is 156 Å². The van der Waals surface area contributed by atoms with Crippen molar-refractivity contribution in [1.29, 1.82) is 0 Å². The molecule has 0 atom stereocenters. The van der Waals surface area contributed by atoms with Crippen molar-refractivity contribution in [1.82, 2.24) is 4.98 Å². The van der Waals surface area contributed by atoms with Gasteiger partial charge in [-0.1, -0.05) is 37.4 Å². The Balaban J connectivity index is 2.19. The monoisotopic (exact) mass is 383 g/mol. The average molecular weight is 383 g/mol. The molecular weight excluding hydrogens is 366 g/mol. The molecule has 0 saturated carbocycles. The van der Waals surface area contributed by atoms with Crippen molar-refractivity contribution in [2.75, 3.05) is 10.5 Å². The first-order valence-electron chi connectivity index (χ1n) is 7.80. The number of aromatic hydroxyl groups is 2. The highest BCUT2D eigenvalue weighted by atomic mass is 32.2. The van der Waals surface area contributed by atoms with Crippen LogP contribution in [-0.4, -0.2) is 23.6 Å². The van der Waals surface area contributed by atoms with Crippen LogP contribution in [-0.2, 0) is 10.0 Å². The molecule has 0 aliphatic carbocycles. The van der Waals surface area contributed by atoms with Gasteiger partial charge in [0, 0.05) is 22.6 Å². The molecule has 0 unspecified atom stereocenters. The van der Waals surface area contributed by atoms with Gasteiger partial charge in [-0.05, 0) is 18.2 Å². The van der Waals surface area contributed by atoms with Crippen LogP contribution in [0.2, 0.25) is 0 Å². The Bertz CT molecular complexity index is 1190. The Morgan fingerprint density at radius 3 is 2.44 bits per heavy atom. The summed E-state index contributed by atoms with van der Waals surface area (Å²) in [6.45, 7) is 7.20. The number of phenolic OH excluding ortho intramolecular Hbond substituents is 2. The summed E-state index contributed by atoms with van der Waals surface area (Å²) in [4.78, 5) is 4.05. The van der Waals surface area contributed by atoms with E-state index in [9.17, 15) is 18.6 Å². The molecule has 0 amide bonds. The summed E-state index contributed by atoms with van der Waals surface area (Å²) in [5.41, 5.74) is 6.38. The second-order valence-electron chi connectivity index (χ2n) is 5.70. The molecule has 27 heavy (non-hydrogen) atoms. The molecule has 1 aromatic heterocycles. The smallest absolute Gasteiger partial charge is 0.264 e. The number of nitrogen functional groups attached to an aromatic ring is 1. The molecule has 8 heteroatoms. The van der Waals surface area contributed by atoms with Gasteiger partial charge < -0.3 is 15.9 Å². The van der Waals surface area contributed by atoms with Crippen LogP contribution in [0.4, 0.5) is 11.5 Å². The number of anilines is 2. The van der Waals surface area contributed by atoms with Gasteiger partial charge in [-0.2, -0.15) is 0 Å².